The highest BCUT2D eigenvalue weighted by Gasteiger charge is 2.24. The summed E-state index contributed by atoms with van der Waals surface area (Å²) in [6.45, 7) is 1.70. The number of nitrogens with zero attached hydrogens (tertiary/aromatic N) is 2. The zero-order valence-electron chi connectivity index (χ0n) is 13.0. The predicted octanol–water partition coefficient (Wildman–Crippen LogP) is 0.530. The van der Waals surface area contributed by atoms with Crippen LogP contribution < -0.4 is 22.4 Å². The monoisotopic (exact) mass is 323 g/mol. The van der Waals surface area contributed by atoms with Gasteiger partial charge in [0.15, 0.2) is 0 Å². The molecule has 0 saturated heterocycles. The minimum absolute atomic E-state index is 0.119. The van der Waals surface area contributed by atoms with Crippen LogP contribution in [0.25, 0.3) is 0 Å². The molecule has 0 bridgehead atoms. The van der Waals surface area contributed by atoms with Crippen molar-refractivity contribution in [2.24, 2.45) is 10.8 Å². The highest BCUT2D eigenvalue weighted by Crippen LogP contribution is 2.30. The van der Waals surface area contributed by atoms with Crippen molar-refractivity contribution in [2.45, 2.75) is 51.5 Å². The molecule has 1 heterocycles. The molecule has 2 rings (SSSR count). The molecule has 0 radical (unpaired) electrons. The van der Waals surface area contributed by atoms with Gasteiger partial charge in [-0.3, -0.25) is 14.3 Å². The molecule has 23 heavy (non-hydrogen) atoms. The van der Waals surface area contributed by atoms with Crippen LogP contribution in [0.1, 0.15) is 57.1 Å². The molecule has 1 aliphatic carbocycles. The smallest absolute Gasteiger partial charge is 0.332 e. The number of hydrazone groups is 1. The Kier molecular flexibility index (Phi) is 5.20. The van der Waals surface area contributed by atoms with Gasteiger partial charge in [-0.25, -0.2) is 15.0 Å². The maximum atomic E-state index is 12.1. The highest BCUT2D eigenvalue weighted by molar-refractivity contribution is 6.02. The average Bonchev–Trinajstić information content (AvgIpc) is 2.51. The van der Waals surface area contributed by atoms with E-state index in [1.54, 1.807) is 6.92 Å². The van der Waals surface area contributed by atoms with Crippen molar-refractivity contribution in [1.29, 1.82) is 0 Å². The lowest BCUT2D eigenvalue weighted by Gasteiger charge is -2.25. The van der Waals surface area contributed by atoms with Gasteiger partial charge < -0.3 is 10.8 Å². The number of carbonyl (C=O) groups excluding carboxylic acids is 1. The summed E-state index contributed by atoms with van der Waals surface area (Å²) in [5.74, 6) is -0.419. The quantitative estimate of drug-likeness (QED) is 0.473. The van der Waals surface area contributed by atoms with E-state index in [-0.39, 0.29) is 23.7 Å². The van der Waals surface area contributed by atoms with Gasteiger partial charge in [0, 0.05) is 6.04 Å². The number of hydrogen-bond acceptors (Lipinski definition) is 5. The number of urea groups is 1. The summed E-state index contributed by atoms with van der Waals surface area (Å²) in [6.07, 6.45) is 4.80. The number of aromatic nitrogens is 2. The minimum atomic E-state index is -0.882. The van der Waals surface area contributed by atoms with Crippen LogP contribution in [0.5, 0.6) is 5.88 Å². The van der Waals surface area contributed by atoms with Gasteiger partial charge in [0.25, 0.3) is 5.56 Å². The third-order valence-electron chi connectivity index (χ3n) is 3.98. The van der Waals surface area contributed by atoms with Crippen molar-refractivity contribution in [1.82, 2.24) is 15.0 Å². The van der Waals surface area contributed by atoms with Gasteiger partial charge in [-0.05, 0) is 19.3 Å². The number of carbonyl (C=O) groups is 1. The van der Waals surface area contributed by atoms with Crippen LogP contribution in [0.2, 0.25) is 0 Å². The van der Waals surface area contributed by atoms with Gasteiger partial charge in [-0.2, -0.15) is 5.10 Å². The molecule has 0 aromatic carbocycles. The third-order valence-corrected chi connectivity index (χ3v) is 3.98. The molecule has 0 aliphatic heterocycles. The largest absolute Gasteiger partial charge is 0.494 e. The van der Waals surface area contributed by atoms with Crippen molar-refractivity contribution in [3.8, 4) is 5.88 Å². The van der Waals surface area contributed by atoms with Crippen molar-refractivity contribution in [3.63, 3.8) is 0 Å². The maximum absolute atomic E-state index is 12.1. The van der Waals surface area contributed by atoms with Crippen molar-refractivity contribution < 1.29 is 9.90 Å². The molecule has 0 unspecified atom stereocenters. The molecule has 2 amide bonds. The lowest BCUT2D eigenvalue weighted by molar-refractivity contribution is 0.249. The molecule has 1 saturated carbocycles. The number of primary amides is 1. The van der Waals surface area contributed by atoms with Crippen LogP contribution in [0.15, 0.2) is 14.7 Å². The van der Waals surface area contributed by atoms with E-state index >= 15 is 0 Å². The normalized spacial score (nSPS) is 16.3. The standard InChI is InChI=1S/C14H21N5O4/c1-2-9(17-18-13(15)22)10-11(20)16-14(23)19(12(10)21)8-6-4-3-5-7-8/h8,21H,2-7H2,1H3,(H3,15,18,22)(H,16,20,23)/b17-9+. The van der Waals surface area contributed by atoms with E-state index < -0.39 is 23.2 Å². The van der Waals surface area contributed by atoms with E-state index in [4.69, 9.17) is 5.73 Å². The van der Waals surface area contributed by atoms with E-state index in [2.05, 4.69) is 10.1 Å². The lowest BCUT2D eigenvalue weighted by atomic mass is 9.95. The Morgan fingerprint density at radius 2 is 2.04 bits per heavy atom. The number of rotatable bonds is 4. The average molecular weight is 323 g/mol. The van der Waals surface area contributed by atoms with E-state index in [1.165, 1.54) is 4.57 Å². The number of nitrogens with two attached hydrogens (primary N) is 1. The Labute approximate surface area is 132 Å². The molecule has 9 nitrogen and oxygen atoms in total. The van der Waals surface area contributed by atoms with Crippen LogP contribution in [-0.2, 0) is 0 Å². The zero-order chi connectivity index (χ0) is 17.0. The first-order valence-corrected chi connectivity index (χ1v) is 7.65. The molecule has 1 aromatic rings. The molecule has 1 fully saturated rings. The zero-order valence-corrected chi connectivity index (χ0v) is 13.0. The van der Waals surface area contributed by atoms with E-state index in [0.717, 1.165) is 32.1 Å². The second-order valence-corrected chi connectivity index (χ2v) is 5.51. The highest BCUT2D eigenvalue weighted by atomic mass is 16.3. The van der Waals surface area contributed by atoms with Gasteiger partial charge in [0.1, 0.15) is 5.56 Å². The Balaban J connectivity index is 2.55. The minimum Gasteiger partial charge on any atom is -0.494 e. The summed E-state index contributed by atoms with van der Waals surface area (Å²) in [5.41, 5.74) is 5.64. The molecule has 126 valence electrons. The summed E-state index contributed by atoms with van der Waals surface area (Å²) in [5, 5.41) is 14.2. The van der Waals surface area contributed by atoms with Gasteiger partial charge in [-0.1, -0.05) is 26.2 Å². The van der Waals surface area contributed by atoms with Crippen LogP contribution in [0.3, 0.4) is 0 Å². The van der Waals surface area contributed by atoms with Gasteiger partial charge in [-0.15, -0.1) is 0 Å². The summed E-state index contributed by atoms with van der Waals surface area (Å²) >= 11 is 0. The Morgan fingerprint density at radius 1 is 1.39 bits per heavy atom. The van der Waals surface area contributed by atoms with Crippen LogP contribution in [-0.4, -0.2) is 26.4 Å². The first kappa shape index (κ1) is 16.8. The number of hydrogen-bond donors (Lipinski definition) is 4. The lowest BCUT2D eigenvalue weighted by Crippen LogP contribution is -2.37. The van der Waals surface area contributed by atoms with E-state index in [0.29, 0.717) is 0 Å². The second-order valence-electron chi connectivity index (χ2n) is 5.51. The molecule has 5 N–H and O–H groups in total. The SMILES string of the molecule is CC/C(=N\NC(N)=O)c1c(O)n(C2CCCCC2)c(=O)[nH]c1=O. The molecular weight excluding hydrogens is 302 g/mol. The van der Waals surface area contributed by atoms with Gasteiger partial charge in [0.05, 0.1) is 5.71 Å². The van der Waals surface area contributed by atoms with E-state index in [1.807, 2.05) is 5.43 Å². The molecule has 9 heteroatoms. The number of nitrogens with one attached hydrogen (secondary N) is 2. The summed E-state index contributed by atoms with van der Waals surface area (Å²) < 4.78 is 1.21. The van der Waals surface area contributed by atoms with Crippen molar-refractivity contribution >= 4 is 11.7 Å². The van der Waals surface area contributed by atoms with Crippen LogP contribution in [0.4, 0.5) is 4.79 Å². The molecular formula is C14H21N5O4. The van der Waals surface area contributed by atoms with E-state index in [9.17, 15) is 19.5 Å². The summed E-state index contributed by atoms with van der Waals surface area (Å²) in [7, 11) is 0. The Hall–Kier alpha value is -2.58. The number of H-pyrrole nitrogens is 1. The first-order chi connectivity index (χ1) is 11.0. The van der Waals surface area contributed by atoms with Crippen molar-refractivity contribution in [2.75, 3.05) is 0 Å². The fraction of sp³-hybridized carbons (Fsp3) is 0.571. The van der Waals surface area contributed by atoms with Crippen LogP contribution >= 0.6 is 0 Å². The Bertz CT molecular complexity index is 728. The fourth-order valence-electron chi connectivity index (χ4n) is 2.91. The molecule has 1 aromatic heterocycles. The summed E-state index contributed by atoms with van der Waals surface area (Å²) in [6, 6.07) is -1.04. The first-order valence-electron chi connectivity index (χ1n) is 7.65. The third kappa shape index (κ3) is 3.61. The van der Waals surface area contributed by atoms with Crippen molar-refractivity contribution in [3.05, 3.63) is 26.4 Å². The molecule has 0 atom stereocenters. The maximum Gasteiger partial charge on any atom is 0.332 e. The fourth-order valence-corrected chi connectivity index (χ4v) is 2.91. The topological polar surface area (TPSA) is 143 Å². The second kappa shape index (κ2) is 7.12. The number of amides is 2. The summed E-state index contributed by atoms with van der Waals surface area (Å²) in [4.78, 5) is 37.2. The van der Waals surface area contributed by atoms with Gasteiger partial charge in [0.2, 0.25) is 5.88 Å². The van der Waals surface area contributed by atoms with Crippen LogP contribution in [0, 0.1) is 0 Å². The number of aromatic hydroxyl groups is 1. The molecule has 1 aliphatic rings. The Morgan fingerprint density at radius 3 is 2.61 bits per heavy atom. The number of aromatic amines is 1. The molecule has 0 spiro atoms. The van der Waals surface area contributed by atoms with Gasteiger partial charge >= 0.3 is 11.7 Å². The predicted molar refractivity (Wildman–Crippen MR) is 84.7 cm³/mol.